The summed E-state index contributed by atoms with van der Waals surface area (Å²) in [6, 6.07) is 5.23. The van der Waals surface area contributed by atoms with Crippen molar-refractivity contribution < 1.29 is 23.7 Å². The smallest absolute Gasteiger partial charge is 0.339 e. The van der Waals surface area contributed by atoms with Crippen molar-refractivity contribution in [1.29, 1.82) is 0 Å². The monoisotopic (exact) mass is 427 g/mol. The highest BCUT2D eigenvalue weighted by atomic mass is 16.5. The zero-order valence-corrected chi connectivity index (χ0v) is 18.0. The number of hydrogen-bond donors (Lipinski definition) is 2. The molecule has 0 aliphatic carbocycles. The van der Waals surface area contributed by atoms with Gasteiger partial charge in [-0.05, 0) is 25.5 Å². The predicted molar refractivity (Wildman–Crippen MR) is 115 cm³/mol. The number of fused-ring (bicyclic) bond motifs is 2. The molecule has 3 N–H and O–H groups in total. The second kappa shape index (κ2) is 8.99. The lowest BCUT2D eigenvalue weighted by molar-refractivity contribution is -0.910. The van der Waals surface area contributed by atoms with Crippen molar-refractivity contribution in [3.8, 4) is 0 Å². The summed E-state index contributed by atoms with van der Waals surface area (Å²) in [6.45, 7) is 8.96. The minimum absolute atomic E-state index is 0.151. The van der Waals surface area contributed by atoms with E-state index in [4.69, 9.17) is 20.2 Å². The van der Waals surface area contributed by atoms with Gasteiger partial charge < -0.3 is 20.1 Å². The van der Waals surface area contributed by atoms with E-state index in [2.05, 4.69) is 0 Å². The number of nitrogens with one attached hydrogen (secondary N) is 1. The highest BCUT2D eigenvalue weighted by Gasteiger charge is 2.26. The number of nitrogen functional groups attached to an aromatic ring is 1. The second-order valence-corrected chi connectivity index (χ2v) is 7.87. The molecule has 31 heavy (non-hydrogen) atoms. The summed E-state index contributed by atoms with van der Waals surface area (Å²) < 4.78 is 13.9. The lowest BCUT2D eigenvalue weighted by Gasteiger charge is -2.23. The number of ether oxygens (including phenoxy) is 2. The third-order valence-corrected chi connectivity index (χ3v) is 5.69. The number of pyridine rings is 2. The van der Waals surface area contributed by atoms with Crippen LogP contribution in [-0.4, -0.2) is 54.8 Å². The van der Waals surface area contributed by atoms with E-state index < -0.39 is 5.97 Å². The molecular formula is C22H29N5O4+2. The fourth-order valence-corrected chi connectivity index (χ4v) is 4.09. The minimum Gasteiger partial charge on any atom is -0.462 e. The van der Waals surface area contributed by atoms with Crippen LogP contribution in [0.15, 0.2) is 29.2 Å². The zero-order chi connectivity index (χ0) is 22.0. The van der Waals surface area contributed by atoms with Crippen LogP contribution in [0.3, 0.4) is 0 Å². The summed E-state index contributed by atoms with van der Waals surface area (Å²) in [5, 5.41) is 0.231. The number of aryl methyl sites for hydroxylation is 2. The van der Waals surface area contributed by atoms with Crippen molar-refractivity contribution in [2.75, 3.05) is 45.2 Å². The molecule has 3 aromatic rings. The normalized spacial score (nSPS) is 14.9. The van der Waals surface area contributed by atoms with Crippen molar-refractivity contribution in [3.63, 3.8) is 0 Å². The Labute approximate surface area is 180 Å². The Morgan fingerprint density at radius 3 is 2.87 bits per heavy atom. The van der Waals surface area contributed by atoms with Crippen molar-refractivity contribution in [2.45, 2.75) is 26.8 Å². The van der Waals surface area contributed by atoms with Crippen LogP contribution in [0, 0.1) is 6.92 Å². The minimum atomic E-state index is -0.574. The van der Waals surface area contributed by atoms with E-state index in [0.29, 0.717) is 23.7 Å². The Morgan fingerprint density at radius 1 is 1.35 bits per heavy atom. The third-order valence-electron chi connectivity index (χ3n) is 5.69. The van der Waals surface area contributed by atoms with Gasteiger partial charge in [-0.2, -0.15) is 0 Å². The third kappa shape index (κ3) is 4.24. The average molecular weight is 428 g/mol. The Bertz CT molecular complexity index is 1180. The first-order valence-corrected chi connectivity index (χ1v) is 10.7. The molecule has 9 nitrogen and oxygen atoms in total. The van der Waals surface area contributed by atoms with Crippen LogP contribution in [-0.2, 0) is 16.0 Å². The Morgan fingerprint density at radius 2 is 2.13 bits per heavy atom. The molecule has 0 aromatic carbocycles. The molecule has 9 heteroatoms. The maximum atomic E-state index is 13.4. The van der Waals surface area contributed by atoms with Gasteiger partial charge in [-0.25, -0.2) is 9.36 Å². The molecule has 164 valence electrons. The van der Waals surface area contributed by atoms with Gasteiger partial charge in [0.2, 0.25) is 11.5 Å². The molecule has 0 bridgehead atoms. The highest BCUT2D eigenvalue weighted by molar-refractivity contribution is 6.02. The molecule has 1 fully saturated rings. The van der Waals surface area contributed by atoms with E-state index in [9.17, 15) is 9.59 Å². The topological polar surface area (TPSA) is 104 Å². The molecule has 0 amide bonds. The van der Waals surface area contributed by atoms with Crippen molar-refractivity contribution >= 4 is 28.5 Å². The first-order chi connectivity index (χ1) is 15.0. The number of nitrogens with two attached hydrogens (primary N) is 1. The molecule has 4 rings (SSSR count). The fourth-order valence-electron chi connectivity index (χ4n) is 4.09. The predicted octanol–water partition coefficient (Wildman–Crippen LogP) is -0.492. The molecule has 0 spiro atoms. The first kappa shape index (κ1) is 21.2. The summed E-state index contributed by atoms with van der Waals surface area (Å²) in [6.07, 6.45) is 2.59. The standard InChI is InChI=1S/C22H27N5O4/c1-3-31-22(29)16-13-17(23)26(8-4-7-25-9-11-30-12-10-25)20-19(16)21(28)27-14-15(2)5-6-18(27)24-20/h5-6,13-14,23H,3-4,7-12H2,1-2H3/p+2. The van der Waals surface area contributed by atoms with Gasteiger partial charge in [-0.1, -0.05) is 11.1 Å². The molecule has 0 atom stereocenters. The quantitative estimate of drug-likeness (QED) is 0.313. The molecule has 3 aromatic heterocycles. The summed E-state index contributed by atoms with van der Waals surface area (Å²) in [5.41, 5.74) is 8.03. The fraction of sp³-hybridized carbons (Fsp3) is 0.455. The zero-order valence-electron chi connectivity index (χ0n) is 18.0. The number of nitrogens with zero attached hydrogens (tertiary/aromatic N) is 3. The van der Waals surface area contributed by atoms with Crippen LogP contribution in [0.2, 0.25) is 0 Å². The summed E-state index contributed by atoms with van der Waals surface area (Å²) >= 11 is 0. The SMILES string of the molecule is CCOC(=O)c1cc(N)[n+](CCC[NH+]2CCOCC2)c2nc3ccc(C)cn3c(=O)c12. The van der Waals surface area contributed by atoms with Crippen LogP contribution in [0.5, 0.6) is 0 Å². The first-order valence-electron chi connectivity index (χ1n) is 10.7. The van der Waals surface area contributed by atoms with Crippen LogP contribution < -0.4 is 20.8 Å². The number of hydrogen-bond acceptors (Lipinski definition) is 6. The highest BCUT2D eigenvalue weighted by Crippen LogP contribution is 2.17. The van der Waals surface area contributed by atoms with Gasteiger partial charge in [0.05, 0.1) is 38.5 Å². The number of morpholine rings is 1. The number of aromatic nitrogens is 3. The maximum absolute atomic E-state index is 13.4. The van der Waals surface area contributed by atoms with Crippen LogP contribution in [0.25, 0.3) is 16.7 Å². The number of carbonyl (C=O) groups excluding carboxylic acids is 1. The molecule has 0 radical (unpaired) electrons. The van der Waals surface area contributed by atoms with Crippen molar-refractivity contribution in [2.24, 2.45) is 0 Å². The lowest BCUT2D eigenvalue weighted by atomic mass is 10.1. The molecule has 1 aliphatic heterocycles. The number of quaternary nitrogens is 1. The number of anilines is 1. The second-order valence-electron chi connectivity index (χ2n) is 7.87. The van der Waals surface area contributed by atoms with E-state index in [1.165, 1.54) is 15.4 Å². The van der Waals surface area contributed by atoms with Crippen LogP contribution in [0.4, 0.5) is 5.82 Å². The Hall–Kier alpha value is -3.04. The van der Waals surface area contributed by atoms with E-state index in [1.807, 2.05) is 17.6 Å². The molecule has 4 heterocycles. The van der Waals surface area contributed by atoms with Crippen LogP contribution in [0.1, 0.15) is 29.3 Å². The van der Waals surface area contributed by atoms with E-state index in [-0.39, 0.29) is 23.1 Å². The Kier molecular flexibility index (Phi) is 6.15. The van der Waals surface area contributed by atoms with Gasteiger partial charge in [0, 0.05) is 18.7 Å². The number of carbonyl (C=O) groups is 1. The summed E-state index contributed by atoms with van der Waals surface area (Å²) in [7, 11) is 0. The Balaban J connectivity index is 1.81. The molecule has 1 saturated heterocycles. The maximum Gasteiger partial charge on any atom is 0.339 e. The molecule has 0 unspecified atom stereocenters. The van der Waals surface area contributed by atoms with Gasteiger partial charge in [0.25, 0.3) is 11.2 Å². The van der Waals surface area contributed by atoms with Gasteiger partial charge in [-0.3, -0.25) is 9.20 Å². The number of esters is 1. The van der Waals surface area contributed by atoms with E-state index in [0.717, 1.165) is 44.8 Å². The summed E-state index contributed by atoms with van der Waals surface area (Å²) in [4.78, 5) is 32.2. The van der Waals surface area contributed by atoms with Gasteiger partial charge >= 0.3 is 5.97 Å². The van der Waals surface area contributed by atoms with Crippen LogP contribution >= 0.6 is 0 Å². The van der Waals surface area contributed by atoms with Crippen molar-refractivity contribution in [1.82, 2.24) is 9.38 Å². The largest absolute Gasteiger partial charge is 0.462 e. The van der Waals surface area contributed by atoms with Crippen molar-refractivity contribution in [3.05, 3.63) is 45.9 Å². The van der Waals surface area contributed by atoms with Gasteiger partial charge in [0.15, 0.2) is 0 Å². The molecule has 1 aliphatic rings. The lowest BCUT2D eigenvalue weighted by Crippen LogP contribution is -3.14. The van der Waals surface area contributed by atoms with E-state index in [1.54, 1.807) is 19.2 Å². The molecule has 0 saturated carbocycles. The molecular weight excluding hydrogens is 398 g/mol. The van der Waals surface area contributed by atoms with Gasteiger partial charge in [0.1, 0.15) is 18.5 Å². The summed E-state index contributed by atoms with van der Waals surface area (Å²) in [5.74, 6) is -0.188. The average Bonchev–Trinajstić information content (AvgIpc) is 2.76. The number of rotatable bonds is 6. The van der Waals surface area contributed by atoms with E-state index >= 15 is 0 Å². The van der Waals surface area contributed by atoms with Gasteiger partial charge in [-0.15, -0.1) is 0 Å².